The van der Waals surface area contributed by atoms with Gasteiger partial charge < -0.3 is 10.1 Å². The summed E-state index contributed by atoms with van der Waals surface area (Å²) in [5, 5.41) is 4.27. The molecule has 0 aliphatic rings. The highest BCUT2D eigenvalue weighted by Gasteiger charge is 2.09. The summed E-state index contributed by atoms with van der Waals surface area (Å²) in [6.45, 7) is 3.85. The number of aromatic nitrogens is 4. The third-order valence-electron chi connectivity index (χ3n) is 1.99. The van der Waals surface area contributed by atoms with Crippen molar-refractivity contribution >= 4 is 17.7 Å². The Labute approximate surface area is 116 Å². The molecule has 100 valence electrons. The lowest BCUT2D eigenvalue weighted by molar-refractivity contribution is 0.219. The molecule has 0 saturated carbocycles. The van der Waals surface area contributed by atoms with Gasteiger partial charge in [0.25, 0.3) is 0 Å². The van der Waals surface area contributed by atoms with E-state index < -0.39 is 0 Å². The molecule has 2 aromatic heterocycles. The first-order valence-corrected chi connectivity index (χ1v) is 6.68. The molecule has 0 unspecified atom stereocenters. The molecule has 0 spiro atoms. The van der Waals surface area contributed by atoms with E-state index in [2.05, 4.69) is 25.3 Å². The van der Waals surface area contributed by atoms with Crippen LogP contribution < -0.4 is 10.1 Å². The molecule has 0 aliphatic heterocycles. The van der Waals surface area contributed by atoms with E-state index in [-0.39, 0.29) is 6.10 Å². The number of nitrogens with one attached hydrogen (secondary N) is 1. The Morgan fingerprint density at radius 3 is 2.68 bits per heavy atom. The van der Waals surface area contributed by atoms with E-state index in [4.69, 9.17) is 4.74 Å². The van der Waals surface area contributed by atoms with E-state index >= 15 is 0 Å². The number of nitrogens with zero attached hydrogens (tertiary/aromatic N) is 4. The van der Waals surface area contributed by atoms with Crippen LogP contribution >= 0.6 is 11.8 Å². The second-order valence-corrected chi connectivity index (χ2v) is 4.90. The third kappa shape index (κ3) is 4.06. The van der Waals surface area contributed by atoms with Gasteiger partial charge in [0.15, 0.2) is 0 Å². The van der Waals surface area contributed by atoms with Gasteiger partial charge in [-0.25, -0.2) is 4.98 Å². The zero-order valence-corrected chi connectivity index (χ0v) is 11.8. The average molecular weight is 277 g/mol. The molecule has 0 saturated heterocycles. The summed E-state index contributed by atoms with van der Waals surface area (Å²) in [6, 6.07) is 5.99. The second-order valence-electron chi connectivity index (χ2n) is 3.91. The van der Waals surface area contributed by atoms with Crippen molar-refractivity contribution in [1.82, 2.24) is 19.9 Å². The smallest absolute Gasteiger partial charge is 0.322 e. The van der Waals surface area contributed by atoms with Crippen LogP contribution in [0.4, 0.5) is 5.95 Å². The quantitative estimate of drug-likeness (QED) is 0.898. The molecule has 0 amide bonds. The summed E-state index contributed by atoms with van der Waals surface area (Å²) < 4.78 is 5.50. The summed E-state index contributed by atoms with van der Waals surface area (Å²) >= 11 is 1.37. The van der Waals surface area contributed by atoms with Crippen molar-refractivity contribution in [1.29, 1.82) is 0 Å². The van der Waals surface area contributed by atoms with Crippen LogP contribution in [0.15, 0.2) is 34.6 Å². The number of hydrogen-bond donors (Lipinski definition) is 1. The first-order valence-electron chi connectivity index (χ1n) is 5.86. The molecule has 0 aromatic carbocycles. The predicted molar refractivity (Wildman–Crippen MR) is 73.5 cm³/mol. The fraction of sp³-hybridized carbons (Fsp3) is 0.333. The molecule has 0 radical (unpaired) electrons. The van der Waals surface area contributed by atoms with Gasteiger partial charge in [0.2, 0.25) is 11.1 Å². The molecule has 0 aliphatic carbocycles. The number of anilines is 1. The zero-order chi connectivity index (χ0) is 13.7. The molecule has 2 rings (SSSR count). The summed E-state index contributed by atoms with van der Waals surface area (Å²) in [7, 11) is 1.75. The SMILES string of the molecule is CNc1nc(OC(C)C)nc(Sc2ccccn2)n1. The minimum absolute atomic E-state index is 0.0137. The van der Waals surface area contributed by atoms with Gasteiger partial charge in [0.1, 0.15) is 5.03 Å². The van der Waals surface area contributed by atoms with Crippen molar-refractivity contribution in [3.63, 3.8) is 0 Å². The lowest BCUT2D eigenvalue weighted by Crippen LogP contribution is -2.11. The molecule has 2 aromatic rings. The van der Waals surface area contributed by atoms with Crippen LogP contribution in [-0.4, -0.2) is 33.1 Å². The first kappa shape index (κ1) is 13.5. The largest absolute Gasteiger partial charge is 0.461 e. The number of hydrogen-bond acceptors (Lipinski definition) is 7. The monoisotopic (exact) mass is 277 g/mol. The fourth-order valence-electron chi connectivity index (χ4n) is 1.26. The van der Waals surface area contributed by atoms with E-state index in [1.54, 1.807) is 13.2 Å². The van der Waals surface area contributed by atoms with Crippen molar-refractivity contribution in [2.24, 2.45) is 0 Å². The van der Waals surface area contributed by atoms with Gasteiger partial charge in [-0.3, -0.25) is 0 Å². The molecule has 7 heteroatoms. The molecule has 0 fully saturated rings. The molecular weight excluding hydrogens is 262 g/mol. The molecule has 0 bridgehead atoms. The van der Waals surface area contributed by atoms with Gasteiger partial charge in [-0.05, 0) is 37.7 Å². The molecular formula is C12H15N5OS. The van der Waals surface area contributed by atoms with Gasteiger partial charge in [-0.2, -0.15) is 15.0 Å². The fourth-order valence-corrected chi connectivity index (χ4v) is 1.96. The summed E-state index contributed by atoms with van der Waals surface area (Å²) in [5.41, 5.74) is 0. The van der Waals surface area contributed by atoms with Crippen LogP contribution in [0, 0.1) is 0 Å². The van der Waals surface area contributed by atoms with Gasteiger partial charge in [0, 0.05) is 13.2 Å². The predicted octanol–water partition coefficient (Wildman–Crippen LogP) is 2.25. The Morgan fingerprint density at radius 1 is 1.21 bits per heavy atom. The lowest BCUT2D eigenvalue weighted by Gasteiger charge is -2.09. The van der Waals surface area contributed by atoms with Crippen LogP contribution in [-0.2, 0) is 0 Å². The maximum absolute atomic E-state index is 5.50. The number of pyridine rings is 1. The standard InChI is InChI=1S/C12H15N5OS/c1-8(2)18-11-15-10(13-3)16-12(17-11)19-9-6-4-5-7-14-9/h4-8H,1-3H3,(H,13,15,16,17). The topological polar surface area (TPSA) is 72.8 Å². The van der Waals surface area contributed by atoms with E-state index in [0.717, 1.165) is 5.03 Å². The van der Waals surface area contributed by atoms with Gasteiger partial charge in [0.05, 0.1) is 6.10 Å². The molecule has 1 N–H and O–H groups in total. The van der Waals surface area contributed by atoms with Crippen molar-refractivity contribution in [3.8, 4) is 6.01 Å². The molecule has 19 heavy (non-hydrogen) atoms. The molecule has 0 atom stereocenters. The number of ether oxygens (including phenoxy) is 1. The molecule has 6 nitrogen and oxygen atoms in total. The number of rotatable bonds is 5. The van der Waals surface area contributed by atoms with E-state index in [1.165, 1.54) is 11.8 Å². The van der Waals surface area contributed by atoms with Gasteiger partial charge in [-0.1, -0.05) is 6.07 Å². The van der Waals surface area contributed by atoms with Crippen molar-refractivity contribution in [3.05, 3.63) is 24.4 Å². The van der Waals surface area contributed by atoms with Crippen molar-refractivity contribution in [2.45, 2.75) is 30.1 Å². The maximum atomic E-state index is 5.50. The average Bonchev–Trinajstić information content (AvgIpc) is 2.38. The Bertz CT molecular complexity index is 535. The summed E-state index contributed by atoms with van der Waals surface area (Å²) in [4.78, 5) is 16.9. The van der Waals surface area contributed by atoms with Crippen LogP contribution in [0.25, 0.3) is 0 Å². The minimum atomic E-state index is 0.0137. The van der Waals surface area contributed by atoms with Crippen LogP contribution in [0.3, 0.4) is 0 Å². The van der Waals surface area contributed by atoms with Crippen LogP contribution in [0.1, 0.15) is 13.8 Å². The highest BCUT2D eigenvalue weighted by molar-refractivity contribution is 7.99. The highest BCUT2D eigenvalue weighted by atomic mass is 32.2. The first-order chi connectivity index (χ1) is 9.17. The van der Waals surface area contributed by atoms with Crippen molar-refractivity contribution in [2.75, 3.05) is 12.4 Å². The summed E-state index contributed by atoms with van der Waals surface area (Å²) in [5.74, 6) is 0.476. The molecule has 2 heterocycles. The highest BCUT2D eigenvalue weighted by Crippen LogP contribution is 2.24. The van der Waals surface area contributed by atoms with Crippen LogP contribution in [0.5, 0.6) is 6.01 Å². The summed E-state index contributed by atoms with van der Waals surface area (Å²) in [6.07, 6.45) is 1.74. The Balaban J connectivity index is 2.24. The van der Waals surface area contributed by atoms with Gasteiger partial charge >= 0.3 is 6.01 Å². The van der Waals surface area contributed by atoms with Gasteiger partial charge in [-0.15, -0.1) is 0 Å². The third-order valence-corrected chi connectivity index (χ3v) is 2.81. The van der Waals surface area contributed by atoms with E-state index in [9.17, 15) is 0 Å². The van der Waals surface area contributed by atoms with E-state index in [0.29, 0.717) is 17.1 Å². The second kappa shape index (κ2) is 6.33. The maximum Gasteiger partial charge on any atom is 0.322 e. The van der Waals surface area contributed by atoms with E-state index in [1.807, 2.05) is 32.0 Å². The zero-order valence-electron chi connectivity index (χ0n) is 11.0. The lowest BCUT2D eigenvalue weighted by atomic mass is 10.5. The Hall–Kier alpha value is -1.89. The van der Waals surface area contributed by atoms with Crippen LogP contribution in [0.2, 0.25) is 0 Å². The van der Waals surface area contributed by atoms with Crippen molar-refractivity contribution < 1.29 is 4.74 Å². The normalized spacial score (nSPS) is 10.5. The Kier molecular flexibility index (Phi) is 4.51. The Morgan fingerprint density at radius 2 is 2.05 bits per heavy atom. The minimum Gasteiger partial charge on any atom is -0.461 e.